The molecular weight excluding hydrogens is 446 g/mol. The number of rotatable bonds is 13. The lowest BCUT2D eigenvalue weighted by atomic mass is 10.0. The number of hydrogen-bond acceptors (Lipinski definition) is 10. The monoisotopic (exact) mass is 475 g/mol. The number of aliphatic hydroxyl groups excluding tert-OH is 3. The van der Waals surface area contributed by atoms with E-state index in [2.05, 4.69) is 5.32 Å². The van der Waals surface area contributed by atoms with Gasteiger partial charge in [-0.2, -0.15) is 0 Å². The van der Waals surface area contributed by atoms with E-state index < -0.39 is 42.9 Å². The van der Waals surface area contributed by atoms with Crippen LogP contribution in [0.5, 0.6) is 11.5 Å². The zero-order chi connectivity index (χ0) is 25.1. The van der Waals surface area contributed by atoms with Gasteiger partial charge < -0.3 is 39.6 Å². The summed E-state index contributed by atoms with van der Waals surface area (Å²) in [6.07, 6.45) is -3.99. The van der Waals surface area contributed by atoms with Crippen LogP contribution < -0.4 is 14.8 Å². The Kier molecular flexibility index (Phi) is 10.8. The first-order valence-electron chi connectivity index (χ1n) is 10.6. The first kappa shape index (κ1) is 27.1. The number of para-hydroxylation sites is 2. The Morgan fingerprint density at radius 3 is 2.00 bits per heavy atom. The number of hydrogen-bond donors (Lipinski definition) is 4. The minimum atomic E-state index is -1.63. The van der Waals surface area contributed by atoms with Crippen molar-refractivity contribution in [2.24, 2.45) is 0 Å². The van der Waals surface area contributed by atoms with Gasteiger partial charge in [0.15, 0.2) is 0 Å². The lowest BCUT2D eigenvalue weighted by molar-refractivity contribution is -0.134. The highest BCUT2D eigenvalue weighted by atomic mass is 16.5. The van der Waals surface area contributed by atoms with Crippen molar-refractivity contribution in [3.8, 4) is 11.5 Å². The van der Waals surface area contributed by atoms with E-state index in [1.807, 2.05) is 0 Å². The highest BCUT2D eigenvalue weighted by Gasteiger charge is 2.34. The number of benzene rings is 2. The molecule has 4 N–H and O–H groups in total. The molecule has 0 saturated heterocycles. The largest absolute Gasteiger partial charge is 0.426 e. The van der Waals surface area contributed by atoms with E-state index in [0.717, 1.165) is 0 Å². The van der Waals surface area contributed by atoms with Gasteiger partial charge in [-0.15, -0.1) is 0 Å². The van der Waals surface area contributed by atoms with Gasteiger partial charge in [-0.3, -0.25) is 9.59 Å². The van der Waals surface area contributed by atoms with Crippen LogP contribution in [0, 0.1) is 0 Å². The first-order chi connectivity index (χ1) is 16.3. The van der Waals surface area contributed by atoms with Gasteiger partial charge in [0.1, 0.15) is 36.1 Å². The fourth-order valence-corrected chi connectivity index (χ4v) is 3.18. The Balaban J connectivity index is 2.21. The minimum absolute atomic E-state index is 0.0681. The van der Waals surface area contributed by atoms with Gasteiger partial charge in [0, 0.05) is 31.5 Å². The lowest BCUT2D eigenvalue weighted by Gasteiger charge is -2.31. The van der Waals surface area contributed by atoms with Crippen LogP contribution in [-0.4, -0.2) is 64.5 Å². The van der Waals surface area contributed by atoms with E-state index >= 15 is 0 Å². The number of ether oxygens (including phenoxy) is 3. The third kappa shape index (κ3) is 8.01. The Morgan fingerprint density at radius 2 is 1.47 bits per heavy atom. The van der Waals surface area contributed by atoms with E-state index in [9.17, 15) is 29.7 Å². The molecule has 10 heteroatoms. The molecule has 0 amide bonds. The molecule has 0 radical (unpaired) electrons. The summed E-state index contributed by atoms with van der Waals surface area (Å²) >= 11 is 0. The summed E-state index contributed by atoms with van der Waals surface area (Å²) in [4.78, 5) is 34.6. The molecule has 2 rings (SSSR count). The van der Waals surface area contributed by atoms with Crippen molar-refractivity contribution in [3.63, 3.8) is 0 Å². The van der Waals surface area contributed by atoms with Crippen LogP contribution in [0.25, 0.3) is 0 Å². The van der Waals surface area contributed by atoms with Crippen LogP contribution in [0.15, 0.2) is 48.5 Å². The molecule has 2 aromatic carbocycles. The Labute approximate surface area is 197 Å². The molecule has 0 fully saturated rings. The van der Waals surface area contributed by atoms with Crippen molar-refractivity contribution in [2.45, 2.75) is 51.4 Å². The number of aldehydes is 1. The van der Waals surface area contributed by atoms with E-state index in [1.165, 1.54) is 13.8 Å². The molecular formula is C24H29NO9. The van der Waals surface area contributed by atoms with Crippen molar-refractivity contribution in [3.05, 3.63) is 59.7 Å². The predicted octanol–water partition coefficient (Wildman–Crippen LogP) is 0.494. The van der Waals surface area contributed by atoms with Gasteiger partial charge in [-0.1, -0.05) is 36.4 Å². The molecule has 0 aliphatic rings. The average Bonchev–Trinajstić information content (AvgIpc) is 2.81. The molecule has 34 heavy (non-hydrogen) atoms. The summed E-state index contributed by atoms with van der Waals surface area (Å²) in [6.45, 7) is 1.66. The van der Waals surface area contributed by atoms with E-state index in [1.54, 1.807) is 48.5 Å². The van der Waals surface area contributed by atoms with Crippen LogP contribution >= 0.6 is 0 Å². The summed E-state index contributed by atoms with van der Waals surface area (Å²) in [6, 6.07) is 12.1. The molecule has 0 unspecified atom stereocenters. The van der Waals surface area contributed by atoms with Crippen LogP contribution in [0.4, 0.5) is 0 Å². The standard InChI is InChI=1S/C24H29NO9/c1-15(28)33-21-9-5-3-7-17(21)11-25-19(12-26)24(23(31)20(30)13-27)32-14-18-8-4-6-10-22(18)34-16(2)29/h3-10,12,19-20,23-25,27,30-31H,11,13-14H2,1-2H3/t19-,20+,23+,24+/m0/s1. The predicted molar refractivity (Wildman–Crippen MR) is 120 cm³/mol. The van der Waals surface area contributed by atoms with E-state index in [-0.39, 0.29) is 18.9 Å². The van der Waals surface area contributed by atoms with Crippen molar-refractivity contribution in [2.75, 3.05) is 6.61 Å². The minimum Gasteiger partial charge on any atom is -0.426 e. The molecule has 0 aliphatic carbocycles. The maximum absolute atomic E-state index is 11.9. The van der Waals surface area contributed by atoms with Crippen molar-refractivity contribution >= 4 is 18.2 Å². The molecule has 0 bridgehead atoms. The highest BCUT2D eigenvalue weighted by molar-refractivity contribution is 5.70. The number of nitrogens with one attached hydrogen (secondary N) is 1. The topological polar surface area (TPSA) is 152 Å². The highest BCUT2D eigenvalue weighted by Crippen LogP contribution is 2.22. The summed E-state index contributed by atoms with van der Waals surface area (Å²) in [5, 5.41) is 32.7. The molecule has 2 aromatic rings. The zero-order valence-corrected chi connectivity index (χ0v) is 18.9. The Hall–Kier alpha value is -3.15. The van der Waals surface area contributed by atoms with Gasteiger partial charge in [-0.25, -0.2) is 0 Å². The van der Waals surface area contributed by atoms with Gasteiger partial charge in [0.2, 0.25) is 0 Å². The average molecular weight is 475 g/mol. The number of esters is 2. The van der Waals surface area contributed by atoms with Gasteiger partial charge >= 0.3 is 11.9 Å². The number of aliphatic hydroxyl groups is 3. The smallest absolute Gasteiger partial charge is 0.308 e. The maximum atomic E-state index is 11.9. The quantitative estimate of drug-likeness (QED) is 0.183. The van der Waals surface area contributed by atoms with Crippen molar-refractivity contribution in [1.29, 1.82) is 0 Å². The van der Waals surface area contributed by atoms with Crippen LogP contribution in [0.2, 0.25) is 0 Å². The SMILES string of the molecule is CC(=O)Oc1ccccc1CN[C@@H](C=O)[C@@H](OCc1ccccc1OC(C)=O)[C@H](O)[C@H](O)CO. The third-order valence-electron chi connectivity index (χ3n) is 4.83. The molecule has 10 nitrogen and oxygen atoms in total. The second kappa shape index (κ2) is 13.5. The van der Waals surface area contributed by atoms with Gasteiger partial charge in [0.25, 0.3) is 0 Å². The second-order valence-electron chi connectivity index (χ2n) is 7.46. The molecule has 4 atom stereocenters. The van der Waals surface area contributed by atoms with Crippen molar-refractivity contribution in [1.82, 2.24) is 5.32 Å². The molecule has 0 heterocycles. The molecule has 0 aliphatic heterocycles. The van der Waals surface area contributed by atoms with Crippen molar-refractivity contribution < 1.29 is 43.9 Å². The molecule has 0 saturated carbocycles. The number of carbonyl (C=O) groups is 3. The summed E-state index contributed by atoms with van der Waals surface area (Å²) < 4.78 is 16.1. The first-order valence-corrected chi connectivity index (χ1v) is 10.6. The second-order valence-corrected chi connectivity index (χ2v) is 7.46. The fraction of sp³-hybridized carbons (Fsp3) is 0.375. The lowest BCUT2D eigenvalue weighted by Crippen LogP contribution is -2.53. The zero-order valence-electron chi connectivity index (χ0n) is 18.9. The molecule has 0 spiro atoms. The maximum Gasteiger partial charge on any atom is 0.308 e. The number of carbonyl (C=O) groups excluding carboxylic acids is 3. The van der Waals surface area contributed by atoms with E-state index in [4.69, 9.17) is 14.2 Å². The Morgan fingerprint density at radius 1 is 0.941 bits per heavy atom. The van der Waals surface area contributed by atoms with E-state index in [0.29, 0.717) is 23.2 Å². The Bertz CT molecular complexity index is 965. The fourth-order valence-electron chi connectivity index (χ4n) is 3.18. The van der Waals surface area contributed by atoms with Crippen LogP contribution in [0.1, 0.15) is 25.0 Å². The summed E-state index contributed by atoms with van der Waals surface area (Å²) in [7, 11) is 0. The van der Waals surface area contributed by atoms with Crippen LogP contribution in [0.3, 0.4) is 0 Å². The molecule has 0 aromatic heterocycles. The molecule has 184 valence electrons. The third-order valence-corrected chi connectivity index (χ3v) is 4.83. The normalized spacial score (nSPS) is 14.5. The summed E-state index contributed by atoms with van der Waals surface area (Å²) in [5.74, 6) is -0.486. The summed E-state index contributed by atoms with van der Waals surface area (Å²) in [5.41, 5.74) is 1.04. The van der Waals surface area contributed by atoms with Gasteiger partial charge in [0.05, 0.1) is 19.3 Å². The van der Waals surface area contributed by atoms with Crippen LogP contribution in [-0.2, 0) is 32.3 Å². The van der Waals surface area contributed by atoms with Gasteiger partial charge in [-0.05, 0) is 12.1 Å².